The van der Waals surface area contributed by atoms with Gasteiger partial charge < -0.3 is 4.74 Å². The highest BCUT2D eigenvalue weighted by atomic mass is 35.5. The first-order valence-corrected chi connectivity index (χ1v) is 4.01. The Morgan fingerprint density at radius 1 is 1.64 bits per heavy atom. The number of carbonyl (C=O) groups excluding carboxylic acids is 1. The van der Waals surface area contributed by atoms with Gasteiger partial charge in [-0.25, -0.2) is 0 Å². The number of methoxy groups -OCH3 is 1. The molecule has 0 saturated heterocycles. The van der Waals surface area contributed by atoms with E-state index in [2.05, 4.69) is 4.74 Å². The second-order valence-corrected chi connectivity index (χ2v) is 3.49. The number of esters is 1. The molecule has 1 aliphatic rings. The summed E-state index contributed by atoms with van der Waals surface area (Å²) in [4.78, 5) is 10.8. The molecule has 0 bridgehead atoms. The van der Waals surface area contributed by atoms with E-state index in [9.17, 15) is 4.79 Å². The predicted molar refractivity (Wildman–Crippen MR) is 43.4 cm³/mol. The van der Waals surface area contributed by atoms with Crippen molar-refractivity contribution in [2.24, 2.45) is 11.8 Å². The summed E-state index contributed by atoms with van der Waals surface area (Å²) in [6.45, 7) is 0. The Kier molecular flexibility index (Phi) is 2.79. The fourth-order valence-corrected chi connectivity index (χ4v) is 1.31. The lowest BCUT2D eigenvalue weighted by atomic mass is 10.3. The van der Waals surface area contributed by atoms with E-state index in [4.69, 9.17) is 23.2 Å². The number of ether oxygens (including phenoxy) is 1. The van der Waals surface area contributed by atoms with E-state index in [-0.39, 0.29) is 22.3 Å². The van der Waals surface area contributed by atoms with Crippen molar-refractivity contribution in [2.75, 3.05) is 7.11 Å². The van der Waals surface area contributed by atoms with Crippen LogP contribution in [0.1, 0.15) is 6.42 Å². The summed E-state index contributed by atoms with van der Waals surface area (Å²) in [5.74, 6) is -0.0132. The van der Waals surface area contributed by atoms with Crippen molar-refractivity contribution < 1.29 is 9.53 Å². The normalized spacial score (nSPS) is 27.5. The number of allylic oxidation sites excluding steroid dienone is 1. The molecule has 0 aromatic rings. The largest absolute Gasteiger partial charge is 0.469 e. The van der Waals surface area contributed by atoms with Crippen LogP contribution in [0.3, 0.4) is 0 Å². The van der Waals surface area contributed by atoms with Crippen molar-refractivity contribution in [1.29, 1.82) is 0 Å². The molecule has 1 aliphatic carbocycles. The highest BCUT2D eigenvalue weighted by molar-refractivity contribution is 6.55. The monoisotopic (exact) mass is 194 g/mol. The van der Waals surface area contributed by atoms with Gasteiger partial charge in [0.1, 0.15) is 4.49 Å². The van der Waals surface area contributed by atoms with E-state index in [1.54, 1.807) is 6.08 Å². The van der Waals surface area contributed by atoms with Gasteiger partial charge in [0.15, 0.2) is 0 Å². The fourth-order valence-electron chi connectivity index (χ4n) is 0.983. The summed E-state index contributed by atoms with van der Waals surface area (Å²) in [7, 11) is 1.38. The number of hydrogen-bond donors (Lipinski definition) is 0. The molecule has 0 N–H and O–H groups in total. The van der Waals surface area contributed by atoms with E-state index < -0.39 is 0 Å². The molecule has 0 aromatic carbocycles. The van der Waals surface area contributed by atoms with Gasteiger partial charge in [0.05, 0.1) is 13.0 Å². The summed E-state index contributed by atoms with van der Waals surface area (Å²) in [5, 5.41) is 0. The van der Waals surface area contributed by atoms with Crippen LogP contribution in [-0.4, -0.2) is 13.1 Å². The molecule has 2 nitrogen and oxygen atoms in total. The van der Waals surface area contributed by atoms with Gasteiger partial charge in [-0.15, -0.1) is 0 Å². The van der Waals surface area contributed by atoms with Crippen LogP contribution < -0.4 is 0 Å². The Hall–Kier alpha value is -0.210. The maximum atomic E-state index is 10.8. The van der Waals surface area contributed by atoms with Crippen molar-refractivity contribution in [1.82, 2.24) is 0 Å². The van der Waals surface area contributed by atoms with Crippen LogP contribution in [0.5, 0.6) is 0 Å². The summed E-state index contributed by atoms with van der Waals surface area (Å²) >= 11 is 10.8. The van der Waals surface area contributed by atoms with E-state index >= 15 is 0 Å². The highest BCUT2D eigenvalue weighted by Crippen LogP contribution is 2.41. The molecule has 0 radical (unpaired) electrons. The molecule has 0 aromatic heterocycles. The van der Waals surface area contributed by atoms with Gasteiger partial charge in [-0.05, 0) is 12.3 Å². The molecule has 1 fully saturated rings. The summed E-state index contributed by atoms with van der Waals surface area (Å²) in [6.07, 6.45) is 2.47. The third-order valence-corrected chi connectivity index (χ3v) is 1.94. The molecule has 0 spiro atoms. The minimum Gasteiger partial charge on any atom is -0.469 e. The molecule has 1 saturated carbocycles. The second kappa shape index (κ2) is 3.46. The summed E-state index contributed by atoms with van der Waals surface area (Å²) in [5.41, 5.74) is 0. The maximum Gasteiger partial charge on any atom is 0.309 e. The topological polar surface area (TPSA) is 26.3 Å². The first-order chi connectivity index (χ1) is 5.15. The zero-order valence-corrected chi connectivity index (χ0v) is 7.52. The van der Waals surface area contributed by atoms with Crippen molar-refractivity contribution in [3.05, 3.63) is 10.6 Å². The van der Waals surface area contributed by atoms with Crippen LogP contribution in [0.25, 0.3) is 0 Å². The van der Waals surface area contributed by atoms with Crippen LogP contribution in [0.4, 0.5) is 0 Å². The summed E-state index contributed by atoms with van der Waals surface area (Å²) in [6, 6.07) is 0. The Morgan fingerprint density at radius 3 is 2.73 bits per heavy atom. The van der Waals surface area contributed by atoms with Crippen molar-refractivity contribution in [3.8, 4) is 0 Å². The van der Waals surface area contributed by atoms with E-state index in [0.29, 0.717) is 0 Å². The van der Waals surface area contributed by atoms with Crippen LogP contribution >= 0.6 is 23.2 Å². The minimum absolute atomic E-state index is 0.0208. The lowest BCUT2D eigenvalue weighted by molar-refractivity contribution is -0.142. The molecule has 62 valence electrons. The van der Waals surface area contributed by atoms with Crippen LogP contribution in [0, 0.1) is 11.8 Å². The first kappa shape index (κ1) is 8.88. The number of rotatable bonds is 2. The van der Waals surface area contributed by atoms with Crippen LogP contribution in [-0.2, 0) is 9.53 Å². The van der Waals surface area contributed by atoms with Gasteiger partial charge >= 0.3 is 5.97 Å². The van der Waals surface area contributed by atoms with Crippen molar-refractivity contribution >= 4 is 29.2 Å². The van der Waals surface area contributed by atoms with Gasteiger partial charge in [-0.2, -0.15) is 0 Å². The molecule has 0 heterocycles. The quantitative estimate of drug-likeness (QED) is 0.630. The SMILES string of the molecule is COC(=O)C1CC1C=C(Cl)Cl. The molecule has 4 heteroatoms. The zero-order valence-electron chi connectivity index (χ0n) is 6.01. The van der Waals surface area contributed by atoms with Gasteiger partial charge in [-0.1, -0.05) is 29.3 Å². The van der Waals surface area contributed by atoms with Crippen LogP contribution in [0.2, 0.25) is 0 Å². The molecule has 2 atom stereocenters. The molecule has 2 unspecified atom stereocenters. The maximum absolute atomic E-state index is 10.8. The second-order valence-electron chi connectivity index (χ2n) is 2.49. The number of halogens is 2. The molecule has 0 amide bonds. The third-order valence-electron chi connectivity index (χ3n) is 1.68. The molecule has 0 aliphatic heterocycles. The molecule has 1 rings (SSSR count). The smallest absolute Gasteiger partial charge is 0.309 e. The predicted octanol–water partition coefficient (Wildman–Crippen LogP) is 2.11. The Balaban J connectivity index is 2.38. The van der Waals surface area contributed by atoms with Crippen molar-refractivity contribution in [3.63, 3.8) is 0 Å². The Labute approximate surface area is 75.1 Å². The highest BCUT2D eigenvalue weighted by Gasteiger charge is 2.42. The summed E-state index contributed by atoms with van der Waals surface area (Å²) < 4.78 is 4.76. The zero-order chi connectivity index (χ0) is 8.43. The Bertz CT molecular complexity index is 197. The average Bonchev–Trinajstić information content (AvgIpc) is 2.65. The van der Waals surface area contributed by atoms with Gasteiger partial charge in [-0.3, -0.25) is 4.79 Å². The molecule has 11 heavy (non-hydrogen) atoms. The average molecular weight is 195 g/mol. The van der Waals surface area contributed by atoms with E-state index in [1.807, 2.05) is 0 Å². The lowest BCUT2D eigenvalue weighted by Gasteiger charge is -1.92. The molecular weight excluding hydrogens is 187 g/mol. The lowest BCUT2D eigenvalue weighted by Crippen LogP contribution is -2.03. The third kappa shape index (κ3) is 2.38. The fraction of sp³-hybridized carbons (Fsp3) is 0.571. The van der Waals surface area contributed by atoms with Crippen molar-refractivity contribution in [2.45, 2.75) is 6.42 Å². The number of hydrogen-bond acceptors (Lipinski definition) is 2. The standard InChI is InChI=1S/C7H8Cl2O2/c1-11-7(10)5-2-4(5)3-6(8)9/h3-5H,2H2,1H3. The van der Waals surface area contributed by atoms with Gasteiger partial charge in [0, 0.05) is 0 Å². The van der Waals surface area contributed by atoms with Gasteiger partial charge in [0.2, 0.25) is 0 Å². The molecular formula is C7H8Cl2O2. The van der Waals surface area contributed by atoms with Crippen LogP contribution in [0.15, 0.2) is 10.6 Å². The van der Waals surface area contributed by atoms with E-state index in [1.165, 1.54) is 7.11 Å². The Morgan fingerprint density at radius 2 is 2.27 bits per heavy atom. The van der Waals surface area contributed by atoms with E-state index in [0.717, 1.165) is 6.42 Å². The van der Waals surface area contributed by atoms with Gasteiger partial charge in [0.25, 0.3) is 0 Å². The number of carbonyl (C=O) groups is 1. The first-order valence-electron chi connectivity index (χ1n) is 3.25. The minimum atomic E-state index is -0.180.